The Labute approximate surface area is 243 Å². The second kappa shape index (κ2) is 14.2. The Morgan fingerprint density at radius 3 is 2.50 bits per heavy atom. The second-order valence-corrected chi connectivity index (χ2v) is 13.0. The molecule has 12 heteroatoms. The number of unbranched alkanes of at least 4 members (excludes halogenated alkanes) is 1. The molecule has 1 saturated heterocycles. The normalized spacial score (nSPS) is 14.5. The molecule has 1 fully saturated rings. The van der Waals surface area contributed by atoms with Crippen molar-refractivity contribution in [2.75, 3.05) is 57.9 Å². The first kappa shape index (κ1) is 30.9. The van der Waals surface area contributed by atoms with Crippen molar-refractivity contribution in [3.05, 3.63) is 52.5 Å². The lowest BCUT2D eigenvalue weighted by Crippen LogP contribution is -2.39. The molecule has 0 radical (unpaired) electrons. The summed E-state index contributed by atoms with van der Waals surface area (Å²) in [4.78, 5) is 22.7. The lowest BCUT2D eigenvalue weighted by atomic mass is 10.2. The number of halogens is 2. The Bertz CT molecular complexity index is 1310. The highest BCUT2D eigenvalue weighted by molar-refractivity contribution is 9.10. The number of ether oxygens (including phenoxy) is 1. The first-order valence-electron chi connectivity index (χ1n) is 12.5. The third-order valence-corrected chi connectivity index (χ3v) is 9.82. The monoisotopic (exact) mass is 644 g/mol. The number of carbonyl (C=O) groups excluding carboxylic acids is 1. The van der Waals surface area contributed by atoms with Crippen LogP contribution < -0.4 is 4.90 Å². The Hall–Kier alpha value is -1.60. The van der Waals surface area contributed by atoms with Crippen molar-refractivity contribution < 1.29 is 17.9 Å². The quantitative estimate of drug-likeness (QED) is 0.283. The molecule has 0 unspecified atom stereocenters. The number of sulfonamides is 1. The van der Waals surface area contributed by atoms with Crippen molar-refractivity contribution in [1.82, 2.24) is 14.2 Å². The van der Waals surface area contributed by atoms with Crippen LogP contribution in [0.3, 0.4) is 0 Å². The number of fused-ring (bicyclic) bond motifs is 1. The van der Waals surface area contributed by atoms with Crippen LogP contribution in [0.5, 0.6) is 0 Å². The molecule has 1 aliphatic rings. The van der Waals surface area contributed by atoms with Gasteiger partial charge in [-0.2, -0.15) is 0 Å². The molecule has 1 aromatic heterocycles. The third kappa shape index (κ3) is 7.53. The number of rotatable bonds is 11. The highest BCUT2D eigenvalue weighted by atomic mass is 79.9. The van der Waals surface area contributed by atoms with Crippen LogP contribution in [0, 0.1) is 0 Å². The van der Waals surface area contributed by atoms with E-state index in [-0.39, 0.29) is 23.2 Å². The highest BCUT2D eigenvalue weighted by Gasteiger charge is 2.24. The molecule has 208 valence electrons. The van der Waals surface area contributed by atoms with E-state index in [4.69, 9.17) is 9.72 Å². The Morgan fingerprint density at radius 1 is 1.11 bits per heavy atom. The summed E-state index contributed by atoms with van der Waals surface area (Å²) in [5, 5.41) is 0.635. The molecule has 4 rings (SSSR count). The van der Waals surface area contributed by atoms with Gasteiger partial charge in [0.2, 0.25) is 10.0 Å². The van der Waals surface area contributed by atoms with Crippen molar-refractivity contribution in [3.8, 4) is 0 Å². The molecule has 2 heterocycles. The topological polar surface area (TPSA) is 83.1 Å². The predicted octanol–water partition coefficient (Wildman–Crippen LogP) is 5.27. The molecule has 0 aliphatic carbocycles. The summed E-state index contributed by atoms with van der Waals surface area (Å²) in [5.41, 5.74) is 1.27. The van der Waals surface area contributed by atoms with E-state index in [2.05, 4.69) is 20.8 Å². The number of nitrogens with zero attached hydrogens (tertiary/aromatic N) is 4. The van der Waals surface area contributed by atoms with E-state index in [0.717, 1.165) is 66.8 Å². The number of benzene rings is 2. The van der Waals surface area contributed by atoms with Gasteiger partial charge in [0.05, 0.1) is 28.3 Å². The lowest BCUT2D eigenvalue weighted by Gasteiger charge is -2.27. The summed E-state index contributed by atoms with van der Waals surface area (Å²) in [6, 6.07) is 12.1. The number of aromatic nitrogens is 1. The van der Waals surface area contributed by atoms with Crippen LogP contribution in [0.1, 0.15) is 36.5 Å². The van der Waals surface area contributed by atoms with Gasteiger partial charge in [0.15, 0.2) is 5.13 Å². The van der Waals surface area contributed by atoms with Gasteiger partial charge in [-0.1, -0.05) is 40.6 Å². The van der Waals surface area contributed by atoms with Crippen LogP contribution in [-0.2, 0) is 14.8 Å². The van der Waals surface area contributed by atoms with Gasteiger partial charge in [-0.15, -0.1) is 12.4 Å². The van der Waals surface area contributed by atoms with E-state index in [1.807, 2.05) is 25.1 Å². The van der Waals surface area contributed by atoms with Gasteiger partial charge in [-0.3, -0.25) is 14.6 Å². The first-order valence-corrected chi connectivity index (χ1v) is 15.6. The van der Waals surface area contributed by atoms with Crippen LogP contribution in [-0.4, -0.2) is 81.5 Å². The van der Waals surface area contributed by atoms with E-state index in [1.54, 1.807) is 24.1 Å². The molecule has 38 heavy (non-hydrogen) atoms. The average Bonchev–Trinajstić information content (AvgIpc) is 3.32. The van der Waals surface area contributed by atoms with Crippen molar-refractivity contribution in [1.29, 1.82) is 0 Å². The maximum atomic E-state index is 13.7. The summed E-state index contributed by atoms with van der Waals surface area (Å²) in [6.45, 7) is 7.12. The maximum absolute atomic E-state index is 13.7. The van der Waals surface area contributed by atoms with Gasteiger partial charge in [0, 0.05) is 49.8 Å². The SMILES string of the molecule is CCCCN(C)S(=O)(=O)c1ccc(C(=O)N(CCCN2CCOCC2)c2nc3ccc(Br)cc3s2)cc1.Cl. The molecule has 2 aromatic carbocycles. The fourth-order valence-electron chi connectivity index (χ4n) is 4.17. The van der Waals surface area contributed by atoms with Crippen LogP contribution in [0.4, 0.5) is 5.13 Å². The van der Waals surface area contributed by atoms with Crippen LogP contribution in [0.25, 0.3) is 10.2 Å². The van der Waals surface area contributed by atoms with Gasteiger partial charge >= 0.3 is 0 Å². The molecule has 0 atom stereocenters. The van der Waals surface area contributed by atoms with Crippen LogP contribution in [0.15, 0.2) is 51.8 Å². The molecule has 0 N–H and O–H groups in total. The Morgan fingerprint density at radius 2 is 1.82 bits per heavy atom. The highest BCUT2D eigenvalue weighted by Crippen LogP contribution is 2.32. The zero-order valence-corrected chi connectivity index (χ0v) is 25.7. The Balaban J connectivity index is 0.00000400. The van der Waals surface area contributed by atoms with Crippen molar-refractivity contribution in [2.24, 2.45) is 0 Å². The third-order valence-electron chi connectivity index (χ3n) is 6.41. The number of amides is 1. The largest absolute Gasteiger partial charge is 0.379 e. The van der Waals surface area contributed by atoms with E-state index >= 15 is 0 Å². The van der Waals surface area contributed by atoms with Crippen molar-refractivity contribution in [2.45, 2.75) is 31.1 Å². The van der Waals surface area contributed by atoms with Crippen molar-refractivity contribution in [3.63, 3.8) is 0 Å². The molecule has 1 aliphatic heterocycles. The molecule has 0 saturated carbocycles. The summed E-state index contributed by atoms with van der Waals surface area (Å²) < 4.78 is 34.6. The minimum atomic E-state index is -3.60. The van der Waals surface area contributed by atoms with Gasteiger partial charge in [0.25, 0.3) is 5.91 Å². The van der Waals surface area contributed by atoms with Crippen LogP contribution in [0.2, 0.25) is 0 Å². The summed E-state index contributed by atoms with van der Waals surface area (Å²) in [7, 11) is -2.01. The number of hydrogen-bond acceptors (Lipinski definition) is 7. The fourth-order valence-corrected chi connectivity index (χ4v) is 6.92. The van der Waals surface area contributed by atoms with Gasteiger partial charge in [-0.05, 0) is 55.3 Å². The van der Waals surface area contributed by atoms with Crippen molar-refractivity contribution >= 4 is 71.0 Å². The molecule has 8 nitrogen and oxygen atoms in total. The molecule has 0 spiro atoms. The number of morpholine rings is 1. The zero-order chi connectivity index (χ0) is 26.4. The van der Waals surface area contributed by atoms with Gasteiger partial charge in [0.1, 0.15) is 0 Å². The fraction of sp³-hybridized carbons (Fsp3) is 0.462. The van der Waals surface area contributed by atoms with E-state index in [9.17, 15) is 13.2 Å². The molecular formula is C26H34BrClN4O4S2. The number of hydrogen-bond donors (Lipinski definition) is 0. The predicted molar refractivity (Wildman–Crippen MR) is 159 cm³/mol. The van der Waals surface area contributed by atoms with E-state index in [1.165, 1.54) is 27.8 Å². The second-order valence-electron chi connectivity index (χ2n) is 9.08. The number of anilines is 1. The molecule has 1 amide bonds. The summed E-state index contributed by atoms with van der Waals surface area (Å²) >= 11 is 4.98. The number of thiazole rings is 1. The Kier molecular flexibility index (Phi) is 11.5. The molecule has 3 aromatic rings. The number of carbonyl (C=O) groups is 1. The summed E-state index contributed by atoms with van der Waals surface area (Å²) in [5.74, 6) is -0.191. The first-order chi connectivity index (χ1) is 17.8. The van der Waals surface area contributed by atoms with Crippen LogP contribution >= 0.6 is 39.7 Å². The average molecular weight is 646 g/mol. The minimum absolute atomic E-state index is 0. The standard InChI is InChI=1S/C26H33BrN4O4S2.ClH/c1-3-4-12-29(2)37(33,34)22-9-6-20(7-10-22)25(32)31(14-5-13-30-15-17-35-18-16-30)26-28-23-11-8-21(27)19-24(23)36-26;/h6-11,19H,3-5,12-18H2,1-2H3;1H. The smallest absolute Gasteiger partial charge is 0.260 e. The maximum Gasteiger partial charge on any atom is 0.260 e. The lowest BCUT2D eigenvalue weighted by molar-refractivity contribution is 0.0376. The van der Waals surface area contributed by atoms with Gasteiger partial charge < -0.3 is 4.74 Å². The summed E-state index contributed by atoms with van der Waals surface area (Å²) in [6.07, 6.45) is 2.50. The van der Waals surface area contributed by atoms with Gasteiger partial charge in [-0.25, -0.2) is 17.7 Å². The molecular weight excluding hydrogens is 612 g/mol. The minimum Gasteiger partial charge on any atom is -0.379 e. The van der Waals surface area contributed by atoms with E-state index < -0.39 is 10.0 Å². The molecule has 0 bridgehead atoms. The van der Waals surface area contributed by atoms with E-state index in [0.29, 0.717) is 23.8 Å². The zero-order valence-electron chi connectivity index (χ0n) is 21.6.